The smallest absolute Gasteiger partial charge is 0.305 e. The van der Waals surface area contributed by atoms with Gasteiger partial charge in [-0.1, -0.05) is 85.0 Å². The lowest BCUT2D eigenvalue weighted by atomic mass is 10.1. The SMILES string of the molecule is CCCCCCCCCCCCCC(=O)OCCNC(=O)CCSCCN(CCNC(=O)CC)C(=O)CC. The molecule has 9 heteroatoms. The van der Waals surface area contributed by atoms with Crippen LogP contribution < -0.4 is 10.6 Å². The van der Waals surface area contributed by atoms with E-state index >= 15 is 0 Å². The van der Waals surface area contributed by atoms with E-state index < -0.39 is 0 Å². The molecule has 38 heavy (non-hydrogen) atoms. The number of thioether (sulfide) groups is 1. The number of unbranched alkanes of at least 4 members (excludes halogenated alkanes) is 10. The Kier molecular flexibility index (Phi) is 25.6. The fourth-order valence-corrected chi connectivity index (χ4v) is 4.81. The largest absolute Gasteiger partial charge is 0.464 e. The quantitative estimate of drug-likeness (QED) is 0.111. The van der Waals surface area contributed by atoms with E-state index in [9.17, 15) is 19.2 Å². The van der Waals surface area contributed by atoms with Crippen molar-refractivity contribution in [3.8, 4) is 0 Å². The predicted molar refractivity (Wildman–Crippen MR) is 157 cm³/mol. The summed E-state index contributed by atoms with van der Waals surface area (Å²) >= 11 is 1.62. The fraction of sp³-hybridized carbons (Fsp3) is 0.862. The Balaban J connectivity index is 3.64. The van der Waals surface area contributed by atoms with Gasteiger partial charge in [0.1, 0.15) is 6.61 Å². The molecule has 0 rings (SSSR count). The molecule has 0 heterocycles. The minimum Gasteiger partial charge on any atom is -0.464 e. The van der Waals surface area contributed by atoms with Crippen molar-refractivity contribution in [2.45, 2.75) is 117 Å². The number of ether oxygens (including phenoxy) is 1. The van der Waals surface area contributed by atoms with Crippen molar-refractivity contribution in [2.75, 3.05) is 44.3 Å². The van der Waals surface area contributed by atoms with Gasteiger partial charge in [-0.25, -0.2) is 0 Å². The van der Waals surface area contributed by atoms with Crippen molar-refractivity contribution >= 4 is 35.5 Å². The normalized spacial score (nSPS) is 10.7. The molecule has 0 aliphatic heterocycles. The molecule has 0 aliphatic rings. The van der Waals surface area contributed by atoms with Gasteiger partial charge < -0.3 is 20.3 Å². The highest BCUT2D eigenvalue weighted by Crippen LogP contribution is 2.12. The van der Waals surface area contributed by atoms with Gasteiger partial charge in [-0.3, -0.25) is 19.2 Å². The molecule has 0 aromatic rings. The van der Waals surface area contributed by atoms with E-state index in [4.69, 9.17) is 4.74 Å². The van der Waals surface area contributed by atoms with E-state index in [1.54, 1.807) is 23.6 Å². The summed E-state index contributed by atoms with van der Waals surface area (Å²) in [5.41, 5.74) is 0. The molecule has 8 nitrogen and oxygen atoms in total. The van der Waals surface area contributed by atoms with E-state index in [0.717, 1.165) is 18.6 Å². The first kappa shape index (κ1) is 36.2. The highest BCUT2D eigenvalue weighted by molar-refractivity contribution is 7.99. The molecule has 0 spiro atoms. The van der Waals surface area contributed by atoms with Crippen LogP contribution in [0.1, 0.15) is 117 Å². The zero-order valence-electron chi connectivity index (χ0n) is 24.5. The Morgan fingerprint density at radius 2 is 1.26 bits per heavy atom. The Morgan fingerprint density at radius 1 is 0.658 bits per heavy atom. The maximum atomic E-state index is 12.1. The number of esters is 1. The standard InChI is InChI=1S/C29H55N3O5S/c1-4-7-8-9-10-11-12-13-14-15-16-17-29(36)37-23-20-31-27(34)18-24-38-25-22-32(28(35)6-3)21-19-30-26(33)5-2/h4-25H2,1-3H3,(H,30,33)(H,31,34). The summed E-state index contributed by atoms with van der Waals surface area (Å²) in [7, 11) is 0. The van der Waals surface area contributed by atoms with Crippen molar-refractivity contribution < 1.29 is 23.9 Å². The van der Waals surface area contributed by atoms with Crippen LogP contribution in [0, 0.1) is 0 Å². The minimum absolute atomic E-state index is 0.0200. The number of nitrogens with one attached hydrogen (secondary N) is 2. The zero-order chi connectivity index (χ0) is 28.3. The Morgan fingerprint density at radius 3 is 1.87 bits per heavy atom. The Labute approximate surface area is 236 Å². The molecule has 3 amide bonds. The molecule has 0 aromatic heterocycles. The number of rotatable bonds is 26. The molecule has 0 unspecified atom stereocenters. The van der Waals surface area contributed by atoms with E-state index in [1.807, 2.05) is 6.92 Å². The summed E-state index contributed by atoms with van der Waals surface area (Å²) in [6.45, 7) is 7.95. The molecular formula is C29H55N3O5S. The summed E-state index contributed by atoms with van der Waals surface area (Å²) in [5.74, 6) is 1.18. The van der Waals surface area contributed by atoms with Crippen molar-refractivity contribution in [2.24, 2.45) is 0 Å². The first-order chi connectivity index (χ1) is 18.4. The van der Waals surface area contributed by atoms with Crippen LogP contribution in [0.25, 0.3) is 0 Å². The topological polar surface area (TPSA) is 105 Å². The van der Waals surface area contributed by atoms with Crippen LogP contribution in [0.4, 0.5) is 0 Å². The molecule has 0 aliphatic carbocycles. The van der Waals surface area contributed by atoms with Crippen LogP contribution in [0.5, 0.6) is 0 Å². The van der Waals surface area contributed by atoms with Crippen molar-refractivity contribution in [3.63, 3.8) is 0 Å². The highest BCUT2D eigenvalue weighted by Gasteiger charge is 2.11. The lowest BCUT2D eigenvalue weighted by Crippen LogP contribution is -2.39. The van der Waals surface area contributed by atoms with E-state index in [-0.39, 0.29) is 30.3 Å². The molecule has 2 N–H and O–H groups in total. The van der Waals surface area contributed by atoms with Crippen molar-refractivity contribution in [1.29, 1.82) is 0 Å². The number of hydrogen-bond acceptors (Lipinski definition) is 6. The lowest BCUT2D eigenvalue weighted by Gasteiger charge is -2.22. The van der Waals surface area contributed by atoms with Gasteiger partial charge in [0.15, 0.2) is 0 Å². The first-order valence-electron chi connectivity index (χ1n) is 15.0. The number of carbonyl (C=O) groups is 4. The Hall–Kier alpha value is -1.77. The van der Waals surface area contributed by atoms with Crippen LogP contribution >= 0.6 is 11.8 Å². The summed E-state index contributed by atoms with van der Waals surface area (Å²) < 4.78 is 5.22. The van der Waals surface area contributed by atoms with Gasteiger partial charge in [-0.05, 0) is 6.42 Å². The second-order valence-corrected chi connectivity index (χ2v) is 10.9. The molecule has 0 atom stereocenters. The third kappa shape index (κ3) is 23.4. The van der Waals surface area contributed by atoms with E-state index in [0.29, 0.717) is 57.6 Å². The number of amides is 3. The maximum Gasteiger partial charge on any atom is 0.305 e. The van der Waals surface area contributed by atoms with Crippen LogP contribution in [0.15, 0.2) is 0 Å². The first-order valence-corrected chi connectivity index (χ1v) is 16.1. The van der Waals surface area contributed by atoms with Gasteiger partial charge in [0, 0.05) is 56.8 Å². The second-order valence-electron chi connectivity index (χ2n) is 9.66. The van der Waals surface area contributed by atoms with Crippen LogP contribution in [-0.2, 0) is 23.9 Å². The average Bonchev–Trinajstić information content (AvgIpc) is 2.92. The molecule has 0 saturated heterocycles. The van der Waals surface area contributed by atoms with Crippen LogP contribution in [0.2, 0.25) is 0 Å². The van der Waals surface area contributed by atoms with Crippen molar-refractivity contribution in [1.82, 2.24) is 15.5 Å². The van der Waals surface area contributed by atoms with Gasteiger partial charge in [0.05, 0.1) is 6.54 Å². The molecule has 222 valence electrons. The minimum atomic E-state index is -0.189. The highest BCUT2D eigenvalue weighted by atomic mass is 32.2. The lowest BCUT2D eigenvalue weighted by molar-refractivity contribution is -0.144. The van der Waals surface area contributed by atoms with Gasteiger partial charge >= 0.3 is 5.97 Å². The summed E-state index contributed by atoms with van der Waals surface area (Å²) in [6.07, 6.45) is 15.4. The fourth-order valence-electron chi connectivity index (χ4n) is 3.93. The number of hydrogen-bond donors (Lipinski definition) is 2. The molecular weight excluding hydrogens is 502 g/mol. The predicted octanol–water partition coefficient (Wildman–Crippen LogP) is 5.24. The molecule has 0 saturated carbocycles. The van der Waals surface area contributed by atoms with Crippen molar-refractivity contribution in [3.05, 3.63) is 0 Å². The van der Waals surface area contributed by atoms with Gasteiger partial charge in [-0.15, -0.1) is 0 Å². The molecule has 0 aromatic carbocycles. The third-order valence-electron chi connectivity index (χ3n) is 6.33. The number of nitrogens with zero attached hydrogens (tertiary/aromatic N) is 1. The van der Waals surface area contributed by atoms with Gasteiger partial charge in [-0.2, -0.15) is 11.8 Å². The maximum absolute atomic E-state index is 12.1. The molecule has 0 bridgehead atoms. The zero-order valence-corrected chi connectivity index (χ0v) is 25.3. The Bertz CT molecular complexity index is 633. The van der Waals surface area contributed by atoms with E-state index in [2.05, 4.69) is 17.6 Å². The molecule has 0 radical (unpaired) electrons. The van der Waals surface area contributed by atoms with Gasteiger partial charge in [0.2, 0.25) is 17.7 Å². The van der Waals surface area contributed by atoms with Gasteiger partial charge in [0.25, 0.3) is 0 Å². The third-order valence-corrected chi connectivity index (χ3v) is 7.29. The van der Waals surface area contributed by atoms with Crippen LogP contribution in [-0.4, -0.2) is 72.9 Å². The molecule has 0 fully saturated rings. The summed E-state index contributed by atoms with van der Waals surface area (Å²) in [4.78, 5) is 49.0. The summed E-state index contributed by atoms with van der Waals surface area (Å²) in [6, 6.07) is 0. The second kappa shape index (κ2) is 26.8. The van der Waals surface area contributed by atoms with E-state index in [1.165, 1.54) is 57.8 Å². The number of carbonyl (C=O) groups excluding carboxylic acids is 4. The van der Waals surface area contributed by atoms with Crippen LogP contribution in [0.3, 0.4) is 0 Å². The monoisotopic (exact) mass is 557 g/mol. The average molecular weight is 558 g/mol. The summed E-state index contributed by atoms with van der Waals surface area (Å²) in [5, 5.41) is 5.58.